The maximum absolute atomic E-state index is 8.40. The van der Waals surface area contributed by atoms with Crippen molar-refractivity contribution in [2.24, 2.45) is 0 Å². The first kappa shape index (κ1) is 45.5. The van der Waals surface area contributed by atoms with Gasteiger partial charge >= 0.3 is 93.2 Å². The second-order valence-corrected chi connectivity index (χ2v) is 0.500. The van der Waals surface area contributed by atoms with E-state index in [4.69, 9.17) is 27.4 Å². The van der Waals surface area contributed by atoms with Gasteiger partial charge in [0.25, 0.3) is 0 Å². The zero-order valence-corrected chi connectivity index (χ0v) is 13.2. The predicted molar refractivity (Wildman–Crippen MR) is 40.8 cm³/mol. The second kappa shape index (κ2) is 237. The first-order valence-electron chi connectivity index (χ1n) is 1.68. The molecule has 0 saturated carbocycles. The molecule has 9 nitrogen and oxygen atoms in total. The van der Waals surface area contributed by atoms with Gasteiger partial charge in [-0.15, -0.1) is 0 Å². The van der Waals surface area contributed by atoms with Gasteiger partial charge < -0.3 is 11.0 Å². The van der Waals surface area contributed by atoms with Crippen molar-refractivity contribution < 1.29 is 38.3 Å². The average molecular weight is 277 g/mol. The van der Waals surface area contributed by atoms with E-state index in [1.54, 1.807) is 0 Å². The molecule has 0 aromatic carbocycles. The number of rotatable bonds is 0. The monoisotopic (exact) mass is 276 g/mol. The Bertz CT molecular complexity index is 98.5. The third-order valence-corrected chi connectivity index (χ3v) is 0. The summed E-state index contributed by atoms with van der Waals surface area (Å²) >= 11 is 1.83. The van der Waals surface area contributed by atoms with E-state index in [2.05, 4.69) is 0 Å². The van der Waals surface area contributed by atoms with Crippen LogP contribution in [0.2, 0.25) is 0 Å². The van der Waals surface area contributed by atoms with Gasteiger partial charge in [0, 0.05) is 0 Å². The van der Waals surface area contributed by atoms with Crippen LogP contribution in [0.15, 0.2) is 0 Å². The summed E-state index contributed by atoms with van der Waals surface area (Å²) in [7, 11) is -2.83. The van der Waals surface area contributed by atoms with Crippen molar-refractivity contribution >= 4 is 83.7 Å². The fourth-order valence-electron chi connectivity index (χ4n) is 0. The van der Waals surface area contributed by atoms with Crippen LogP contribution >= 0.6 is 0 Å². The van der Waals surface area contributed by atoms with Gasteiger partial charge in [-0.2, -0.15) is 0 Å². The van der Waals surface area contributed by atoms with Crippen molar-refractivity contribution in [3.05, 3.63) is 0 Å². The molecule has 0 aromatic rings. The van der Waals surface area contributed by atoms with Crippen molar-refractivity contribution in [3.8, 4) is 0 Å². The first-order chi connectivity index (χ1) is 5.83. The van der Waals surface area contributed by atoms with Crippen LogP contribution in [-0.4, -0.2) is 94.6 Å². The fraction of sp³-hybridized carbons (Fsp3) is 0. The Hall–Kier alpha value is 1.25. The van der Waals surface area contributed by atoms with E-state index >= 15 is 0 Å². The van der Waals surface area contributed by atoms with Crippen LogP contribution in [0, 0.1) is 0 Å². The molecule has 14 heavy (non-hydrogen) atoms. The molecule has 0 rings (SSSR count). The molecule has 72 valence electrons. The summed E-state index contributed by atoms with van der Waals surface area (Å²) in [4.78, 5) is 0. The van der Waals surface area contributed by atoms with Gasteiger partial charge in [-0.05, 0) is 0 Å². The molecule has 0 atom stereocenters. The minimum atomic E-state index is -1.42. The molecule has 0 aliphatic carbocycles. The van der Waals surface area contributed by atoms with Gasteiger partial charge in [0.15, 0.2) is 0 Å². The zero-order valence-electron chi connectivity index (χ0n) is 6.98. The van der Waals surface area contributed by atoms with E-state index in [9.17, 15) is 0 Å². The molecular weight excluding hydrogens is 273 g/mol. The van der Waals surface area contributed by atoms with Crippen molar-refractivity contribution in [1.82, 2.24) is 0 Å². The van der Waals surface area contributed by atoms with Crippen LogP contribution in [-0.2, 0) is 27.4 Å². The Morgan fingerprint density at radius 1 is 0.500 bits per heavy atom. The van der Waals surface area contributed by atoms with E-state index in [1.165, 1.54) is 0 Å². The molecule has 0 radical (unpaired) electrons. The molecule has 0 saturated heterocycles. The van der Waals surface area contributed by atoms with Gasteiger partial charge in [0.1, 0.15) is 0 Å². The molecule has 0 spiro atoms. The van der Waals surface area contributed by atoms with E-state index in [0.717, 1.165) is 0 Å². The Labute approximate surface area is 121 Å². The third kappa shape index (κ3) is 1270. The third-order valence-electron chi connectivity index (χ3n) is 0. The Morgan fingerprint density at radius 3 is 0.500 bits per heavy atom. The molecule has 0 aliphatic heterocycles. The van der Waals surface area contributed by atoms with Gasteiger partial charge in [-0.1, -0.05) is 0 Å². The quantitative estimate of drug-likeness (QED) is 0.400. The van der Waals surface area contributed by atoms with Gasteiger partial charge in [-0.25, -0.2) is 0 Å². The molecule has 0 bridgehead atoms. The summed E-state index contributed by atoms with van der Waals surface area (Å²) in [6.45, 7) is 0. The Kier molecular flexibility index (Phi) is 769. The molecule has 0 amide bonds. The van der Waals surface area contributed by atoms with Crippen LogP contribution in [0.1, 0.15) is 0 Å². The van der Waals surface area contributed by atoms with Crippen molar-refractivity contribution in [2.75, 3.05) is 0 Å². The molecule has 0 heterocycles. The summed E-state index contributed by atoms with van der Waals surface area (Å²) in [5, 5.41) is 0. The summed E-state index contributed by atoms with van der Waals surface area (Å²) in [5.41, 5.74) is 0. The maximum atomic E-state index is 8.40. The molecule has 0 aliphatic rings. The fourth-order valence-corrected chi connectivity index (χ4v) is 0. The average Bonchev–Trinajstić information content (AvgIpc) is 2.16. The van der Waals surface area contributed by atoms with Crippen LogP contribution in [0.3, 0.4) is 0 Å². The second-order valence-electron chi connectivity index (χ2n) is 0.167. The van der Waals surface area contributed by atoms with Crippen molar-refractivity contribution in [1.29, 1.82) is 0 Å². The molecule has 14 heteroatoms. The van der Waals surface area contributed by atoms with Gasteiger partial charge in [0.2, 0.25) is 0 Å². The first-order valence-corrected chi connectivity index (χ1v) is 5.05. The molecule has 4 N–H and O–H groups in total. The standard InChI is InChI=1S/3Mg.2O2Si.2H2O.3O/c;;;2*1-3-2;;;;;/h;;;;;2*1H2;;;. The van der Waals surface area contributed by atoms with E-state index in [1.807, 2.05) is 0 Å². The predicted octanol–water partition coefficient (Wildman–Crippen LogP) is -4.38. The summed E-state index contributed by atoms with van der Waals surface area (Å²) in [5.74, 6) is 0. The molecule has 0 fully saturated rings. The number of hydrogen-bond acceptors (Lipinski definition) is 7. The van der Waals surface area contributed by atoms with E-state index < -0.39 is 18.6 Å². The van der Waals surface area contributed by atoms with Crippen LogP contribution in [0.5, 0.6) is 0 Å². The minimum absolute atomic E-state index is 0. The van der Waals surface area contributed by atoms with Crippen molar-refractivity contribution in [2.45, 2.75) is 0 Å². The summed E-state index contributed by atoms with van der Waals surface area (Å²) in [6, 6.07) is 0. The normalized spacial score (nSPS) is 2.43. The molecular formula is H4Mg3O9Si2. The van der Waals surface area contributed by atoms with E-state index in [0.29, 0.717) is 65.1 Å². The Balaban J connectivity index is -0.00000000859. The van der Waals surface area contributed by atoms with Gasteiger partial charge in [-0.3, -0.25) is 17.8 Å². The summed E-state index contributed by atoms with van der Waals surface area (Å²) < 4.78 is 58.4. The summed E-state index contributed by atoms with van der Waals surface area (Å²) in [6.07, 6.45) is 0. The van der Waals surface area contributed by atoms with Crippen LogP contribution < -0.4 is 0 Å². The van der Waals surface area contributed by atoms with Crippen LogP contribution in [0.4, 0.5) is 0 Å². The van der Waals surface area contributed by atoms with E-state index in [-0.39, 0.29) is 11.0 Å². The topological polar surface area (TPSA) is 182 Å². The Morgan fingerprint density at radius 2 is 0.500 bits per heavy atom. The zero-order chi connectivity index (χ0) is 11.4. The molecule has 0 unspecified atom stereocenters. The van der Waals surface area contributed by atoms with Crippen LogP contribution in [0.25, 0.3) is 0 Å². The SMILES string of the molecule is O.O.O=[Si]=O.O=[Si]=O.[O]=[Mg].[O]=[Mg].[O]=[Mg]. The number of hydrogen-bond donors (Lipinski definition) is 0. The van der Waals surface area contributed by atoms with Crippen molar-refractivity contribution in [3.63, 3.8) is 0 Å². The van der Waals surface area contributed by atoms with Gasteiger partial charge in [0.05, 0.1) is 0 Å². The molecule has 0 aromatic heterocycles.